The maximum absolute atomic E-state index is 6.18. The van der Waals surface area contributed by atoms with Crippen molar-refractivity contribution < 1.29 is 9.47 Å². The molecule has 1 unspecified atom stereocenters. The van der Waals surface area contributed by atoms with Crippen molar-refractivity contribution in [2.45, 2.75) is 39.0 Å². The van der Waals surface area contributed by atoms with Crippen LogP contribution in [0.1, 0.15) is 37.4 Å². The molecule has 3 aliphatic rings. The molecule has 1 aliphatic carbocycles. The number of aromatic nitrogens is 1. The standard InChI is InChI=1S/C25H36N4O2/c1-17-10-19-21(11-17)28-22-13-24(31-9-5-8-29-6-3-4-7-29)23(30-2)12-20(22)25(19)27-16-18-14-26-15-18/h12-13,17-18,26H,3-11,14-16H2,1-2H3,(H,27,28). The summed E-state index contributed by atoms with van der Waals surface area (Å²) in [5, 5.41) is 8.31. The van der Waals surface area contributed by atoms with E-state index in [0.717, 1.165) is 67.8 Å². The molecule has 31 heavy (non-hydrogen) atoms. The molecule has 0 spiro atoms. The van der Waals surface area contributed by atoms with Crippen LogP contribution < -0.4 is 20.1 Å². The molecule has 3 heterocycles. The van der Waals surface area contributed by atoms with Gasteiger partial charge in [0, 0.05) is 54.9 Å². The predicted octanol–water partition coefficient (Wildman–Crippen LogP) is 3.47. The van der Waals surface area contributed by atoms with Gasteiger partial charge in [-0.3, -0.25) is 4.98 Å². The molecular formula is C25H36N4O2. The second-order valence-corrected chi connectivity index (χ2v) is 9.60. The molecular weight excluding hydrogens is 388 g/mol. The van der Waals surface area contributed by atoms with Crippen LogP contribution in [0.5, 0.6) is 11.5 Å². The fraction of sp³-hybridized carbons (Fsp3) is 0.640. The Balaban J connectivity index is 1.38. The van der Waals surface area contributed by atoms with Gasteiger partial charge in [0.2, 0.25) is 0 Å². The summed E-state index contributed by atoms with van der Waals surface area (Å²) in [6.45, 7) is 9.83. The molecule has 1 atom stereocenters. The molecule has 168 valence electrons. The van der Waals surface area contributed by atoms with Gasteiger partial charge in [-0.25, -0.2) is 0 Å². The summed E-state index contributed by atoms with van der Waals surface area (Å²) in [6, 6.07) is 4.21. The number of nitrogens with zero attached hydrogens (tertiary/aromatic N) is 2. The lowest BCUT2D eigenvalue weighted by Crippen LogP contribution is -2.45. The number of likely N-dealkylation sites (tertiary alicyclic amines) is 1. The van der Waals surface area contributed by atoms with Gasteiger partial charge in [0.05, 0.1) is 19.2 Å². The topological polar surface area (TPSA) is 58.6 Å². The Morgan fingerprint density at radius 2 is 2.00 bits per heavy atom. The van der Waals surface area contributed by atoms with Crippen LogP contribution in [0.2, 0.25) is 0 Å². The maximum atomic E-state index is 6.18. The van der Waals surface area contributed by atoms with Crippen LogP contribution in [-0.4, -0.2) is 62.9 Å². The maximum Gasteiger partial charge on any atom is 0.163 e. The Morgan fingerprint density at radius 3 is 2.74 bits per heavy atom. The van der Waals surface area contributed by atoms with Gasteiger partial charge < -0.3 is 25.0 Å². The van der Waals surface area contributed by atoms with E-state index in [2.05, 4.69) is 34.6 Å². The molecule has 6 heteroatoms. The molecule has 2 aliphatic heterocycles. The van der Waals surface area contributed by atoms with Crippen LogP contribution in [-0.2, 0) is 12.8 Å². The lowest BCUT2D eigenvalue weighted by atomic mass is 10.0. The highest BCUT2D eigenvalue weighted by atomic mass is 16.5. The average Bonchev–Trinajstić information content (AvgIpc) is 3.37. The molecule has 0 saturated carbocycles. The van der Waals surface area contributed by atoms with Gasteiger partial charge in [0.15, 0.2) is 11.5 Å². The lowest BCUT2D eigenvalue weighted by Gasteiger charge is -2.28. The third-order valence-electron chi connectivity index (χ3n) is 7.06. The Kier molecular flexibility index (Phi) is 6.19. The minimum atomic E-state index is 0.647. The first-order chi connectivity index (χ1) is 15.2. The largest absolute Gasteiger partial charge is 0.493 e. The van der Waals surface area contributed by atoms with Crippen LogP contribution in [0.25, 0.3) is 10.9 Å². The zero-order chi connectivity index (χ0) is 21.2. The predicted molar refractivity (Wildman–Crippen MR) is 126 cm³/mol. The number of benzene rings is 1. The van der Waals surface area contributed by atoms with Crippen LogP contribution in [0.4, 0.5) is 5.69 Å². The van der Waals surface area contributed by atoms with E-state index >= 15 is 0 Å². The number of fused-ring (bicyclic) bond motifs is 2. The second kappa shape index (κ2) is 9.21. The van der Waals surface area contributed by atoms with Gasteiger partial charge in [-0.1, -0.05) is 6.92 Å². The van der Waals surface area contributed by atoms with Crippen molar-refractivity contribution in [1.82, 2.24) is 15.2 Å². The molecule has 0 amide bonds. The van der Waals surface area contributed by atoms with Gasteiger partial charge in [0.25, 0.3) is 0 Å². The SMILES string of the molecule is COc1cc2c(NCC3CNC3)c3c(nc2cc1OCCCN1CCCC1)CC(C)C3. The zero-order valence-electron chi connectivity index (χ0n) is 19.0. The van der Waals surface area contributed by atoms with Crippen LogP contribution in [0, 0.1) is 11.8 Å². The van der Waals surface area contributed by atoms with Crippen molar-refractivity contribution in [2.24, 2.45) is 11.8 Å². The molecule has 0 radical (unpaired) electrons. The van der Waals surface area contributed by atoms with E-state index in [9.17, 15) is 0 Å². The molecule has 5 rings (SSSR count). The van der Waals surface area contributed by atoms with E-state index < -0.39 is 0 Å². The number of methoxy groups -OCH3 is 1. The quantitative estimate of drug-likeness (QED) is 0.601. The first-order valence-corrected chi connectivity index (χ1v) is 12.0. The van der Waals surface area contributed by atoms with E-state index in [0.29, 0.717) is 18.4 Å². The third kappa shape index (κ3) is 4.46. The van der Waals surface area contributed by atoms with E-state index in [4.69, 9.17) is 14.5 Å². The van der Waals surface area contributed by atoms with E-state index in [-0.39, 0.29) is 0 Å². The van der Waals surface area contributed by atoms with Gasteiger partial charge in [-0.15, -0.1) is 0 Å². The number of hydrogen-bond donors (Lipinski definition) is 2. The molecule has 2 aromatic rings. The molecule has 2 N–H and O–H groups in total. The molecule has 1 aromatic carbocycles. The normalized spacial score (nSPS) is 21.3. The van der Waals surface area contributed by atoms with E-state index in [1.165, 1.54) is 42.9 Å². The van der Waals surface area contributed by atoms with Crippen molar-refractivity contribution in [3.63, 3.8) is 0 Å². The first kappa shape index (κ1) is 20.8. The Labute approximate surface area is 185 Å². The van der Waals surface area contributed by atoms with Crippen molar-refractivity contribution >= 4 is 16.6 Å². The first-order valence-electron chi connectivity index (χ1n) is 12.0. The van der Waals surface area contributed by atoms with E-state index in [1.54, 1.807) is 7.11 Å². The summed E-state index contributed by atoms with van der Waals surface area (Å²) < 4.78 is 11.9. The van der Waals surface area contributed by atoms with Crippen molar-refractivity contribution in [3.05, 3.63) is 23.4 Å². The number of rotatable bonds is 9. The fourth-order valence-corrected chi connectivity index (χ4v) is 5.19. The molecule has 2 fully saturated rings. The monoisotopic (exact) mass is 424 g/mol. The highest BCUT2D eigenvalue weighted by Gasteiger charge is 2.26. The van der Waals surface area contributed by atoms with Gasteiger partial charge in [-0.05, 0) is 62.7 Å². The Bertz CT molecular complexity index is 922. The summed E-state index contributed by atoms with van der Waals surface area (Å²) in [5.41, 5.74) is 4.92. The number of ether oxygens (including phenoxy) is 2. The van der Waals surface area contributed by atoms with Crippen molar-refractivity contribution in [2.75, 3.05) is 58.3 Å². The van der Waals surface area contributed by atoms with Gasteiger partial charge >= 0.3 is 0 Å². The highest BCUT2D eigenvalue weighted by molar-refractivity contribution is 5.96. The zero-order valence-corrected chi connectivity index (χ0v) is 19.0. The Morgan fingerprint density at radius 1 is 1.16 bits per heavy atom. The average molecular weight is 425 g/mol. The molecule has 2 saturated heterocycles. The van der Waals surface area contributed by atoms with Crippen LogP contribution in [0.3, 0.4) is 0 Å². The summed E-state index contributed by atoms with van der Waals surface area (Å²) in [5.74, 6) is 2.96. The summed E-state index contributed by atoms with van der Waals surface area (Å²) in [6.07, 6.45) is 5.87. The van der Waals surface area contributed by atoms with Crippen LogP contribution in [0.15, 0.2) is 12.1 Å². The number of nitrogens with one attached hydrogen (secondary N) is 2. The Hall–Kier alpha value is -2.05. The van der Waals surface area contributed by atoms with Crippen molar-refractivity contribution in [1.29, 1.82) is 0 Å². The second-order valence-electron chi connectivity index (χ2n) is 9.60. The highest BCUT2D eigenvalue weighted by Crippen LogP contribution is 2.40. The molecule has 1 aromatic heterocycles. The lowest BCUT2D eigenvalue weighted by molar-refractivity contribution is 0.254. The summed E-state index contributed by atoms with van der Waals surface area (Å²) in [7, 11) is 1.73. The number of pyridine rings is 1. The number of anilines is 1. The number of hydrogen-bond acceptors (Lipinski definition) is 6. The van der Waals surface area contributed by atoms with E-state index in [1.807, 2.05) is 0 Å². The van der Waals surface area contributed by atoms with Crippen LogP contribution >= 0.6 is 0 Å². The minimum Gasteiger partial charge on any atom is -0.493 e. The fourth-order valence-electron chi connectivity index (χ4n) is 5.19. The minimum absolute atomic E-state index is 0.647. The smallest absolute Gasteiger partial charge is 0.163 e. The summed E-state index contributed by atoms with van der Waals surface area (Å²) >= 11 is 0. The third-order valence-corrected chi connectivity index (χ3v) is 7.06. The summed E-state index contributed by atoms with van der Waals surface area (Å²) in [4.78, 5) is 7.59. The molecule has 6 nitrogen and oxygen atoms in total. The molecule has 0 bridgehead atoms. The van der Waals surface area contributed by atoms with Gasteiger partial charge in [-0.2, -0.15) is 0 Å². The van der Waals surface area contributed by atoms with Gasteiger partial charge in [0.1, 0.15) is 0 Å². The van der Waals surface area contributed by atoms with Crippen molar-refractivity contribution in [3.8, 4) is 11.5 Å².